The lowest BCUT2D eigenvalue weighted by molar-refractivity contribution is -0.187. The number of fused-ring (bicyclic) bond motifs is 3. The van der Waals surface area contributed by atoms with E-state index in [4.69, 9.17) is 25.8 Å². The van der Waals surface area contributed by atoms with Gasteiger partial charge in [-0.15, -0.1) is 0 Å². The zero-order chi connectivity index (χ0) is 21.6. The lowest BCUT2D eigenvalue weighted by Crippen LogP contribution is -2.52. The van der Waals surface area contributed by atoms with Gasteiger partial charge >= 0.3 is 5.97 Å². The maximum absolute atomic E-state index is 12.1. The minimum absolute atomic E-state index is 0.110. The van der Waals surface area contributed by atoms with E-state index < -0.39 is 23.6 Å². The molecule has 0 radical (unpaired) electrons. The van der Waals surface area contributed by atoms with Crippen molar-refractivity contribution in [3.8, 4) is 11.5 Å². The molecular formula is C23H24BrClO5. The van der Waals surface area contributed by atoms with Crippen LogP contribution >= 0.6 is 27.5 Å². The first-order chi connectivity index (χ1) is 14.2. The Hall–Kier alpha value is -1.76. The molecule has 2 aliphatic heterocycles. The summed E-state index contributed by atoms with van der Waals surface area (Å²) in [5.74, 6) is -0.318. The molecule has 0 bridgehead atoms. The van der Waals surface area contributed by atoms with Crippen molar-refractivity contribution in [3.63, 3.8) is 0 Å². The van der Waals surface area contributed by atoms with Gasteiger partial charge in [-0.3, -0.25) is 4.79 Å². The van der Waals surface area contributed by atoms with E-state index >= 15 is 0 Å². The summed E-state index contributed by atoms with van der Waals surface area (Å²) < 4.78 is 19.3. The lowest BCUT2D eigenvalue weighted by atomic mass is 9.71. The van der Waals surface area contributed by atoms with Gasteiger partial charge in [-0.25, -0.2) is 0 Å². The van der Waals surface area contributed by atoms with E-state index in [-0.39, 0.29) is 12.0 Å². The van der Waals surface area contributed by atoms with Crippen LogP contribution in [0, 0.1) is 11.8 Å². The molecule has 160 valence electrons. The van der Waals surface area contributed by atoms with Crippen molar-refractivity contribution < 1.29 is 24.1 Å². The van der Waals surface area contributed by atoms with Crippen LogP contribution in [0.25, 0.3) is 0 Å². The molecule has 2 aromatic rings. The fourth-order valence-electron chi connectivity index (χ4n) is 4.61. The van der Waals surface area contributed by atoms with Crippen LogP contribution in [-0.4, -0.2) is 29.9 Å². The number of carboxylic acids is 1. The molecule has 1 saturated heterocycles. The number of hydrogen-bond donors (Lipinski definition) is 1. The van der Waals surface area contributed by atoms with Crippen LogP contribution in [0.5, 0.6) is 11.5 Å². The van der Waals surface area contributed by atoms with Crippen molar-refractivity contribution >= 4 is 33.5 Å². The fourth-order valence-corrected chi connectivity index (χ4v) is 5.28. The SMILES string of the molecule is COc1cc(Br)cc2c1OC(C)(C)[C@H]1C[C@H](C(=O)O)[C@H](Cc3cccc(Cl)c3)O[C@H]21. The highest BCUT2D eigenvalue weighted by Gasteiger charge is 2.52. The van der Waals surface area contributed by atoms with Crippen molar-refractivity contribution in [2.45, 2.75) is 44.5 Å². The summed E-state index contributed by atoms with van der Waals surface area (Å²) >= 11 is 9.67. The molecule has 2 aromatic carbocycles. The Morgan fingerprint density at radius 3 is 2.77 bits per heavy atom. The van der Waals surface area contributed by atoms with Crippen LogP contribution in [0.1, 0.15) is 37.5 Å². The van der Waals surface area contributed by atoms with Crippen molar-refractivity contribution in [1.82, 2.24) is 0 Å². The fraction of sp³-hybridized carbons (Fsp3) is 0.435. The minimum atomic E-state index is -0.853. The van der Waals surface area contributed by atoms with Crippen molar-refractivity contribution in [2.75, 3.05) is 7.11 Å². The number of aliphatic carboxylic acids is 1. The summed E-state index contributed by atoms with van der Waals surface area (Å²) in [6.45, 7) is 3.96. The minimum Gasteiger partial charge on any atom is -0.493 e. The van der Waals surface area contributed by atoms with E-state index in [0.717, 1.165) is 15.6 Å². The maximum atomic E-state index is 12.1. The summed E-state index contributed by atoms with van der Waals surface area (Å²) in [4.78, 5) is 12.1. The Labute approximate surface area is 189 Å². The third-order valence-corrected chi connectivity index (χ3v) is 6.81. The van der Waals surface area contributed by atoms with Gasteiger partial charge in [-0.05, 0) is 56.5 Å². The van der Waals surface area contributed by atoms with Crippen molar-refractivity contribution in [2.24, 2.45) is 11.8 Å². The highest BCUT2D eigenvalue weighted by atomic mass is 79.9. The normalized spacial score (nSPS) is 26.8. The summed E-state index contributed by atoms with van der Waals surface area (Å²) in [7, 11) is 1.61. The number of rotatable bonds is 4. The Morgan fingerprint density at radius 2 is 2.10 bits per heavy atom. The number of halogens is 2. The van der Waals surface area contributed by atoms with Crippen LogP contribution < -0.4 is 9.47 Å². The zero-order valence-electron chi connectivity index (χ0n) is 17.0. The first-order valence-electron chi connectivity index (χ1n) is 9.88. The van der Waals surface area contributed by atoms with Crippen LogP contribution in [0.4, 0.5) is 0 Å². The summed E-state index contributed by atoms with van der Waals surface area (Å²) in [5, 5.41) is 10.6. The van der Waals surface area contributed by atoms with Gasteiger partial charge in [0.25, 0.3) is 0 Å². The first kappa shape index (κ1) is 21.5. The van der Waals surface area contributed by atoms with E-state index in [0.29, 0.717) is 29.4 Å². The molecule has 7 heteroatoms. The molecule has 2 aliphatic rings. The second kappa shape index (κ2) is 8.06. The number of carboxylic acid groups (broad SMARTS) is 1. The smallest absolute Gasteiger partial charge is 0.309 e. The molecule has 0 unspecified atom stereocenters. The second-order valence-electron chi connectivity index (χ2n) is 8.45. The predicted octanol–water partition coefficient (Wildman–Crippen LogP) is 5.67. The van der Waals surface area contributed by atoms with Gasteiger partial charge in [-0.2, -0.15) is 0 Å². The van der Waals surface area contributed by atoms with Crippen LogP contribution in [0.2, 0.25) is 5.02 Å². The molecule has 2 heterocycles. The molecule has 30 heavy (non-hydrogen) atoms. The Bertz CT molecular complexity index is 976. The third kappa shape index (κ3) is 3.93. The monoisotopic (exact) mass is 494 g/mol. The van der Waals surface area contributed by atoms with E-state index in [2.05, 4.69) is 15.9 Å². The zero-order valence-corrected chi connectivity index (χ0v) is 19.4. The summed E-state index contributed by atoms with van der Waals surface area (Å²) in [5.41, 5.74) is 1.23. The average molecular weight is 496 g/mol. The van der Waals surface area contributed by atoms with Crippen LogP contribution in [0.3, 0.4) is 0 Å². The van der Waals surface area contributed by atoms with E-state index in [1.165, 1.54) is 0 Å². The molecule has 0 amide bonds. The molecular weight excluding hydrogens is 472 g/mol. The Morgan fingerprint density at radius 1 is 1.33 bits per heavy atom. The standard InChI is InChI=1S/C23H24BrClO5/c1-23(2)17-11-15(22(26)27)18(8-12-5-4-6-14(25)7-12)29-20(17)16-9-13(24)10-19(28-3)21(16)30-23/h4-7,9-10,15,17-18,20H,8,11H2,1-3H3,(H,26,27)/t15-,17-,18-,20+/m0/s1. The predicted molar refractivity (Wildman–Crippen MR) is 117 cm³/mol. The highest BCUT2D eigenvalue weighted by molar-refractivity contribution is 9.10. The molecule has 1 fully saturated rings. The van der Waals surface area contributed by atoms with Crippen molar-refractivity contribution in [3.05, 3.63) is 57.0 Å². The quantitative estimate of drug-likeness (QED) is 0.592. The van der Waals surface area contributed by atoms with Gasteiger partial charge in [0.15, 0.2) is 11.5 Å². The number of benzene rings is 2. The first-order valence-corrected chi connectivity index (χ1v) is 11.1. The number of methoxy groups -OCH3 is 1. The number of carbonyl (C=O) groups is 1. The topological polar surface area (TPSA) is 65.0 Å². The number of hydrogen-bond acceptors (Lipinski definition) is 4. The Balaban J connectivity index is 1.75. The molecule has 0 spiro atoms. The summed E-state index contributed by atoms with van der Waals surface area (Å²) in [6, 6.07) is 11.3. The van der Waals surface area contributed by atoms with Gasteiger partial charge in [0.2, 0.25) is 0 Å². The molecule has 4 atom stereocenters. The van der Waals surface area contributed by atoms with Gasteiger partial charge in [0.05, 0.1) is 25.2 Å². The van der Waals surface area contributed by atoms with Gasteiger partial charge in [-0.1, -0.05) is 39.7 Å². The Kier molecular flexibility index (Phi) is 5.77. The van der Waals surface area contributed by atoms with Crippen LogP contribution in [-0.2, 0) is 16.0 Å². The largest absolute Gasteiger partial charge is 0.493 e. The molecule has 0 aliphatic carbocycles. The van der Waals surface area contributed by atoms with E-state index in [1.54, 1.807) is 13.2 Å². The number of ether oxygens (including phenoxy) is 3. The second-order valence-corrected chi connectivity index (χ2v) is 9.80. The van der Waals surface area contributed by atoms with Crippen LogP contribution in [0.15, 0.2) is 40.9 Å². The summed E-state index contributed by atoms with van der Waals surface area (Å²) in [6.07, 6.45) is 0.165. The molecule has 0 aromatic heterocycles. The maximum Gasteiger partial charge on any atom is 0.309 e. The molecule has 5 nitrogen and oxygen atoms in total. The molecule has 1 N–H and O–H groups in total. The van der Waals surface area contributed by atoms with E-state index in [1.807, 2.05) is 44.2 Å². The van der Waals surface area contributed by atoms with Gasteiger partial charge in [0.1, 0.15) is 5.60 Å². The third-order valence-electron chi connectivity index (χ3n) is 6.12. The van der Waals surface area contributed by atoms with E-state index in [9.17, 15) is 9.90 Å². The highest BCUT2D eigenvalue weighted by Crippen LogP contribution is 2.55. The molecule has 0 saturated carbocycles. The molecule has 4 rings (SSSR count). The lowest BCUT2D eigenvalue weighted by Gasteiger charge is -2.50. The average Bonchev–Trinajstić information content (AvgIpc) is 2.67. The van der Waals surface area contributed by atoms with Gasteiger partial charge in [0, 0.05) is 21.0 Å². The van der Waals surface area contributed by atoms with Gasteiger partial charge < -0.3 is 19.3 Å². The van der Waals surface area contributed by atoms with Crippen molar-refractivity contribution in [1.29, 1.82) is 0 Å².